The van der Waals surface area contributed by atoms with Gasteiger partial charge in [-0.3, -0.25) is 4.79 Å². The van der Waals surface area contributed by atoms with Crippen molar-refractivity contribution in [2.24, 2.45) is 5.10 Å². The summed E-state index contributed by atoms with van der Waals surface area (Å²) in [4.78, 5) is 12.8. The molecule has 6 heteroatoms. The molecule has 144 valence electrons. The predicted octanol–water partition coefficient (Wildman–Crippen LogP) is 4.46. The quantitative estimate of drug-likeness (QED) is 0.664. The Kier molecular flexibility index (Phi) is 4.37. The van der Waals surface area contributed by atoms with Crippen LogP contribution < -0.4 is 14.2 Å². The van der Waals surface area contributed by atoms with Gasteiger partial charge in [-0.05, 0) is 60.2 Å². The molecule has 0 spiro atoms. The number of para-hydroxylation sites is 1. The first kappa shape index (κ1) is 17.3. The van der Waals surface area contributed by atoms with Crippen molar-refractivity contribution in [3.8, 4) is 23.0 Å². The van der Waals surface area contributed by atoms with Crippen LogP contribution in [0.1, 0.15) is 22.3 Å². The molecule has 1 amide bonds. The van der Waals surface area contributed by atoms with Gasteiger partial charge >= 0.3 is 0 Å². The Balaban J connectivity index is 1.30. The second-order valence-electron chi connectivity index (χ2n) is 6.73. The minimum absolute atomic E-state index is 0.151. The van der Waals surface area contributed by atoms with E-state index >= 15 is 0 Å². The summed E-state index contributed by atoms with van der Waals surface area (Å²) < 4.78 is 16.5. The highest BCUT2D eigenvalue weighted by Gasteiger charge is 2.24. The van der Waals surface area contributed by atoms with E-state index in [0.717, 1.165) is 22.8 Å². The number of carbonyl (C=O) groups excluding carboxylic acids is 1. The molecular formula is C23H18N2O4. The zero-order valence-electron chi connectivity index (χ0n) is 15.6. The lowest BCUT2D eigenvalue weighted by atomic mass is 10.1. The fourth-order valence-corrected chi connectivity index (χ4v) is 3.33. The molecule has 0 saturated carbocycles. The smallest absolute Gasteiger partial charge is 0.274 e. The zero-order valence-corrected chi connectivity index (χ0v) is 15.6. The molecule has 0 unspecified atom stereocenters. The molecule has 2 heterocycles. The summed E-state index contributed by atoms with van der Waals surface area (Å²) in [6.07, 6.45) is 0.704. The maximum atomic E-state index is 12.8. The summed E-state index contributed by atoms with van der Waals surface area (Å²) in [6.45, 7) is 0.730. The number of hydrogen-bond donors (Lipinski definition) is 0. The second-order valence-corrected chi connectivity index (χ2v) is 6.73. The van der Waals surface area contributed by atoms with Gasteiger partial charge in [-0.2, -0.15) is 5.10 Å². The Hall–Kier alpha value is -3.80. The summed E-state index contributed by atoms with van der Waals surface area (Å²) in [6, 6.07) is 22.6. The van der Waals surface area contributed by atoms with E-state index in [-0.39, 0.29) is 12.7 Å². The molecule has 0 saturated heterocycles. The molecule has 0 atom stereocenters. The van der Waals surface area contributed by atoms with Crippen LogP contribution in [0.5, 0.6) is 23.0 Å². The summed E-state index contributed by atoms with van der Waals surface area (Å²) in [7, 11) is 0. The molecule has 3 aromatic rings. The fraction of sp³-hybridized carbons (Fsp3) is 0.130. The number of rotatable bonds is 4. The average molecular weight is 386 g/mol. The summed E-state index contributed by atoms with van der Waals surface area (Å²) >= 11 is 0. The third-order valence-electron chi connectivity index (χ3n) is 4.82. The summed E-state index contributed by atoms with van der Waals surface area (Å²) in [5.74, 6) is 2.64. The van der Waals surface area contributed by atoms with Gasteiger partial charge in [-0.25, -0.2) is 5.01 Å². The Morgan fingerprint density at radius 3 is 2.48 bits per heavy atom. The van der Waals surface area contributed by atoms with Gasteiger partial charge in [0.15, 0.2) is 11.5 Å². The predicted molar refractivity (Wildman–Crippen MR) is 108 cm³/mol. The fourth-order valence-electron chi connectivity index (χ4n) is 3.33. The van der Waals surface area contributed by atoms with Crippen molar-refractivity contribution >= 4 is 11.6 Å². The number of nitrogens with zero attached hydrogens (tertiary/aromatic N) is 2. The van der Waals surface area contributed by atoms with Crippen molar-refractivity contribution < 1.29 is 19.0 Å². The first-order valence-electron chi connectivity index (χ1n) is 9.39. The van der Waals surface area contributed by atoms with Gasteiger partial charge in [-0.15, -0.1) is 0 Å². The van der Waals surface area contributed by atoms with Crippen molar-refractivity contribution in [1.29, 1.82) is 0 Å². The molecule has 0 fully saturated rings. The Labute approximate surface area is 167 Å². The van der Waals surface area contributed by atoms with Gasteiger partial charge in [0, 0.05) is 12.0 Å². The molecule has 0 radical (unpaired) electrons. The van der Waals surface area contributed by atoms with Gasteiger partial charge in [0.25, 0.3) is 5.91 Å². The first-order valence-corrected chi connectivity index (χ1v) is 9.39. The molecule has 0 aliphatic carbocycles. The first-order chi connectivity index (χ1) is 14.3. The summed E-state index contributed by atoms with van der Waals surface area (Å²) in [5.41, 5.74) is 2.39. The summed E-state index contributed by atoms with van der Waals surface area (Å²) in [5, 5.41) is 6.03. The van der Waals surface area contributed by atoms with Crippen LogP contribution in [0, 0.1) is 0 Å². The molecule has 5 rings (SSSR count). The van der Waals surface area contributed by atoms with Gasteiger partial charge < -0.3 is 14.2 Å². The Morgan fingerprint density at radius 2 is 1.66 bits per heavy atom. The van der Waals surface area contributed by atoms with Crippen molar-refractivity contribution in [3.05, 3.63) is 83.9 Å². The molecule has 3 aromatic carbocycles. The normalized spacial score (nSPS) is 14.6. The second kappa shape index (κ2) is 7.31. The highest BCUT2D eigenvalue weighted by atomic mass is 16.7. The van der Waals surface area contributed by atoms with E-state index in [2.05, 4.69) is 5.10 Å². The lowest BCUT2D eigenvalue weighted by Crippen LogP contribution is -2.23. The van der Waals surface area contributed by atoms with Gasteiger partial charge in [0.05, 0.1) is 12.3 Å². The van der Waals surface area contributed by atoms with Gasteiger partial charge in [0.1, 0.15) is 11.5 Å². The molecule has 2 aliphatic rings. The number of benzene rings is 3. The maximum Gasteiger partial charge on any atom is 0.274 e. The van der Waals surface area contributed by atoms with Crippen LogP contribution in [-0.4, -0.2) is 30.0 Å². The SMILES string of the molecule is O=C(c1ccc2c(c1)OCO2)N1CCC(c2ccc(Oc3ccccc3)cc2)=N1. The van der Waals surface area contributed by atoms with E-state index in [1.165, 1.54) is 5.01 Å². The standard InChI is InChI=1S/C23H18N2O4/c26-23(17-8-11-21-22(14-17)28-15-27-21)25-13-12-20(24-25)16-6-9-19(10-7-16)29-18-4-2-1-3-5-18/h1-11,14H,12-13,15H2. The van der Waals surface area contributed by atoms with Gasteiger partial charge in [-0.1, -0.05) is 18.2 Å². The van der Waals surface area contributed by atoms with Crippen LogP contribution in [0.25, 0.3) is 0 Å². The number of hydrogen-bond acceptors (Lipinski definition) is 5. The topological polar surface area (TPSA) is 60.4 Å². The minimum Gasteiger partial charge on any atom is -0.457 e. The molecule has 29 heavy (non-hydrogen) atoms. The molecule has 0 aromatic heterocycles. The van der Waals surface area contributed by atoms with E-state index in [1.807, 2.05) is 54.6 Å². The number of carbonyl (C=O) groups is 1. The average Bonchev–Trinajstić information content (AvgIpc) is 3.44. The van der Waals surface area contributed by atoms with Crippen LogP contribution >= 0.6 is 0 Å². The number of hydrazone groups is 1. The molecule has 6 nitrogen and oxygen atoms in total. The van der Waals surface area contributed by atoms with Crippen molar-refractivity contribution in [2.45, 2.75) is 6.42 Å². The van der Waals surface area contributed by atoms with Crippen LogP contribution in [0.15, 0.2) is 77.9 Å². The van der Waals surface area contributed by atoms with E-state index in [1.54, 1.807) is 18.2 Å². The number of ether oxygens (including phenoxy) is 3. The number of amides is 1. The van der Waals surface area contributed by atoms with E-state index in [0.29, 0.717) is 30.0 Å². The largest absolute Gasteiger partial charge is 0.457 e. The monoisotopic (exact) mass is 386 g/mol. The Bertz CT molecular complexity index is 1080. The Morgan fingerprint density at radius 1 is 0.897 bits per heavy atom. The van der Waals surface area contributed by atoms with Crippen molar-refractivity contribution in [2.75, 3.05) is 13.3 Å². The number of fused-ring (bicyclic) bond motifs is 1. The maximum absolute atomic E-state index is 12.8. The van der Waals surface area contributed by atoms with Crippen LogP contribution in [0.4, 0.5) is 0 Å². The highest BCUT2D eigenvalue weighted by Crippen LogP contribution is 2.33. The lowest BCUT2D eigenvalue weighted by molar-refractivity contribution is 0.0778. The lowest BCUT2D eigenvalue weighted by Gasteiger charge is -2.11. The molecule has 0 bridgehead atoms. The van der Waals surface area contributed by atoms with Crippen molar-refractivity contribution in [1.82, 2.24) is 5.01 Å². The minimum atomic E-state index is -0.151. The third kappa shape index (κ3) is 3.52. The van der Waals surface area contributed by atoms with Crippen molar-refractivity contribution in [3.63, 3.8) is 0 Å². The zero-order chi connectivity index (χ0) is 19.6. The van der Waals surface area contributed by atoms with Gasteiger partial charge in [0.2, 0.25) is 6.79 Å². The molecule has 0 N–H and O–H groups in total. The van der Waals surface area contributed by atoms with Crippen LogP contribution in [0.2, 0.25) is 0 Å². The van der Waals surface area contributed by atoms with E-state index < -0.39 is 0 Å². The van der Waals surface area contributed by atoms with E-state index in [9.17, 15) is 4.79 Å². The third-order valence-corrected chi connectivity index (χ3v) is 4.82. The van der Waals surface area contributed by atoms with Crippen LogP contribution in [-0.2, 0) is 0 Å². The molecule has 2 aliphatic heterocycles. The van der Waals surface area contributed by atoms with Crippen LogP contribution in [0.3, 0.4) is 0 Å². The molecular weight excluding hydrogens is 368 g/mol. The highest BCUT2D eigenvalue weighted by molar-refractivity contribution is 6.04. The van der Waals surface area contributed by atoms with E-state index in [4.69, 9.17) is 14.2 Å².